The van der Waals surface area contributed by atoms with Crippen LogP contribution < -0.4 is 0 Å². The van der Waals surface area contributed by atoms with Crippen LogP contribution in [0.15, 0.2) is 18.5 Å². The SMILES string of the molecule is C[C@@]1(O)CC[C@@H]2C3CC[C@]4(C)C[C@@H](C(=O)Cn5cccn5)COC4C3CC[C@@H]2C1. The van der Waals surface area contributed by atoms with Crippen molar-refractivity contribution in [3.8, 4) is 0 Å². The van der Waals surface area contributed by atoms with Crippen LogP contribution in [0.5, 0.6) is 0 Å². The molecule has 3 aliphatic carbocycles. The van der Waals surface area contributed by atoms with Gasteiger partial charge in [-0.2, -0.15) is 5.10 Å². The van der Waals surface area contributed by atoms with Crippen LogP contribution in [-0.2, 0) is 16.1 Å². The summed E-state index contributed by atoms with van der Waals surface area (Å²) in [4.78, 5) is 12.8. The Hall–Kier alpha value is -1.20. The highest BCUT2D eigenvalue weighted by atomic mass is 16.5. The first-order valence-electron chi connectivity index (χ1n) is 11.7. The topological polar surface area (TPSA) is 64.3 Å². The lowest BCUT2D eigenvalue weighted by Crippen LogP contribution is -2.57. The predicted octanol–water partition coefficient (Wildman–Crippen LogP) is 3.85. The van der Waals surface area contributed by atoms with E-state index in [9.17, 15) is 9.90 Å². The summed E-state index contributed by atoms with van der Waals surface area (Å²) in [5.74, 6) is 3.10. The van der Waals surface area contributed by atoms with Crippen LogP contribution in [0.2, 0.25) is 0 Å². The predicted molar refractivity (Wildman–Crippen MR) is 110 cm³/mol. The second-order valence-corrected chi connectivity index (χ2v) is 11.1. The van der Waals surface area contributed by atoms with Gasteiger partial charge in [0.2, 0.25) is 0 Å². The first-order valence-corrected chi connectivity index (χ1v) is 11.7. The van der Waals surface area contributed by atoms with Gasteiger partial charge in [-0.25, -0.2) is 0 Å². The lowest BCUT2D eigenvalue weighted by Gasteiger charge is -2.59. The first-order chi connectivity index (χ1) is 13.8. The Balaban J connectivity index is 1.27. The lowest BCUT2D eigenvalue weighted by atomic mass is 9.50. The molecule has 5 rings (SSSR count). The van der Waals surface area contributed by atoms with Crippen LogP contribution in [0.4, 0.5) is 0 Å². The third kappa shape index (κ3) is 3.59. The molecule has 1 aromatic heterocycles. The molecule has 0 aromatic carbocycles. The molecule has 0 amide bonds. The molecule has 1 saturated heterocycles. The number of ether oxygens (including phenoxy) is 1. The normalized spacial score (nSPS) is 47.0. The summed E-state index contributed by atoms with van der Waals surface area (Å²) in [6, 6.07) is 1.87. The van der Waals surface area contributed by atoms with Crippen LogP contribution >= 0.6 is 0 Å². The maximum atomic E-state index is 12.8. The smallest absolute Gasteiger partial charge is 0.159 e. The summed E-state index contributed by atoms with van der Waals surface area (Å²) in [6.07, 6.45) is 12.9. The van der Waals surface area contributed by atoms with Crippen LogP contribution in [0.1, 0.15) is 65.2 Å². The lowest BCUT2D eigenvalue weighted by molar-refractivity contribution is -0.192. The minimum absolute atomic E-state index is 0.00174. The molecular formula is C24H36N2O3. The van der Waals surface area contributed by atoms with Crippen molar-refractivity contribution in [3.05, 3.63) is 18.5 Å². The summed E-state index contributed by atoms with van der Waals surface area (Å²) in [6.45, 7) is 5.33. The van der Waals surface area contributed by atoms with Crippen molar-refractivity contribution < 1.29 is 14.6 Å². The molecule has 3 saturated carbocycles. The molecule has 4 aliphatic rings. The number of aromatic nitrogens is 2. The molecule has 0 radical (unpaired) electrons. The molecule has 2 heterocycles. The van der Waals surface area contributed by atoms with E-state index in [-0.39, 0.29) is 17.1 Å². The molecule has 1 N–H and O–H groups in total. The molecule has 3 unspecified atom stereocenters. The van der Waals surface area contributed by atoms with E-state index in [4.69, 9.17) is 4.74 Å². The average molecular weight is 401 g/mol. The number of Topliss-reactive ketones (excluding diaryl/α,β-unsaturated/α-hetero) is 1. The van der Waals surface area contributed by atoms with Gasteiger partial charge in [0, 0.05) is 18.3 Å². The Labute approximate surface area is 174 Å². The zero-order chi connectivity index (χ0) is 20.2. The highest BCUT2D eigenvalue weighted by Gasteiger charge is 2.56. The van der Waals surface area contributed by atoms with Gasteiger partial charge >= 0.3 is 0 Å². The van der Waals surface area contributed by atoms with Crippen molar-refractivity contribution in [3.63, 3.8) is 0 Å². The largest absolute Gasteiger partial charge is 0.390 e. The van der Waals surface area contributed by atoms with E-state index in [2.05, 4.69) is 12.0 Å². The van der Waals surface area contributed by atoms with E-state index in [1.54, 1.807) is 10.9 Å². The summed E-state index contributed by atoms with van der Waals surface area (Å²) in [7, 11) is 0. The van der Waals surface area contributed by atoms with Gasteiger partial charge in [0.1, 0.15) is 0 Å². The number of ketones is 1. The maximum absolute atomic E-state index is 12.8. The number of carbonyl (C=O) groups excluding carboxylic acids is 1. The Morgan fingerprint density at radius 1 is 1.14 bits per heavy atom. The monoisotopic (exact) mass is 400 g/mol. The first kappa shape index (κ1) is 19.7. The molecule has 29 heavy (non-hydrogen) atoms. The van der Waals surface area contributed by atoms with Crippen molar-refractivity contribution in [1.29, 1.82) is 0 Å². The fraction of sp³-hybridized carbons (Fsp3) is 0.833. The second kappa shape index (κ2) is 7.19. The van der Waals surface area contributed by atoms with Crippen molar-refractivity contribution in [2.45, 2.75) is 83.5 Å². The van der Waals surface area contributed by atoms with Gasteiger partial charge in [-0.3, -0.25) is 9.48 Å². The van der Waals surface area contributed by atoms with Crippen molar-refractivity contribution in [1.82, 2.24) is 9.78 Å². The molecule has 1 aromatic rings. The van der Waals surface area contributed by atoms with Crippen molar-refractivity contribution in [2.75, 3.05) is 6.61 Å². The average Bonchev–Trinajstić information content (AvgIpc) is 3.18. The van der Waals surface area contributed by atoms with E-state index >= 15 is 0 Å². The van der Waals surface area contributed by atoms with Crippen LogP contribution in [0, 0.1) is 35.0 Å². The number of rotatable bonds is 3. The quantitative estimate of drug-likeness (QED) is 0.837. The molecule has 5 heteroatoms. The zero-order valence-corrected chi connectivity index (χ0v) is 17.9. The summed E-state index contributed by atoms with van der Waals surface area (Å²) >= 11 is 0. The van der Waals surface area contributed by atoms with E-state index in [0.29, 0.717) is 31.1 Å². The van der Waals surface area contributed by atoms with Gasteiger partial charge in [0.15, 0.2) is 5.78 Å². The van der Waals surface area contributed by atoms with Gasteiger partial charge in [-0.1, -0.05) is 6.92 Å². The Bertz CT molecular complexity index is 745. The van der Waals surface area contributed by atoms with Crippen molar-refractivity contribution in [2.24, 2.45) is 35.0 Å². The summed E-state index contributed by atoms with van der Waals surface area (Å²) in [5, 5.41) is 14.7. The highest BCUT2D eigenvalue weighted by molar-refractivity contribution is 5.81. The maximum Gasteiger partial charge on any atom is 0.159 e. The fourth-order valence-electron chi connectivity index (χ4n) is 7.58. The molecule has 0 bridgehead atoms. The standard InChI is InChI=1S/C24H36N2O3/c1-23-8-6-19-18-7-9-24(2,28)13-16(18)4-5-20(19)22(23)29-15-17(12-23)21(27)14-26-11-3-10-25-26/h3,10-11,16-20,22,28H,4-9,12-15H2,1-2H3/t16-,17-,18+,19?,20?,22?,23-,24-/m1/s1. The fourth-order valence-corrected chi connectivity index (χ4v) is 7.58. The van der Waals surface area contributed by atoms with Crippen LogP contribution in [0.25, 0.3) is 0 Å². The van der Waals surface area contributed by atoms with E-state index in [1.807, 2.05) is 19.2 Å². The van der Waals surface area contributed by atoms with Crippen LogP contribution in [0.3, 0.4) is 0 Å². The van der Waals surface area contributed by atoms with Crippen LogP contribution in [-0.4, -0.2) is 39.0 Å². The Morgan fingerprint density at radius 3 is 2.76 bits per heavy atom. The number of aliphatic hydroxyl groups is 1. The second-order valence-electron chi connectivity index (χ2n) is 11.1. The summed E-state index contributed by atoms with van der Waals surface area (Å²) in [5.41, 5.74) is -0.336. The molecule has 5 nitrogen and oxygen atoms in total. The molecule has 8 atom stereocenters. The number of carbonyl (C=O) groups is 1. The zero-order valence-electron chi connectivity index (χ0n) is 17.9. The third-order valence-corrected chi connectivity index (χ3v) is 8.94. The molecule has 4 fully saturated rings. The molecule has 160 valence electrons. The number of hydrogen-bond acceptors (Lipinski definition) is 4. The summed E-state index contributed by atoms with van der Waals surface area (Å²) < 4.78 is 8.26. The molecule has 1 aliphatic heterocycles. The minimum Gasteiger partial charge on any atom is -0.390 e. The molecule has 0 spiro atoms. The third-order valence-electron chi connectivity index (χ3n) is 8.94. The number of fused-ring (bicyclic) bond motifs is 5. The highest BCUT2D eigenvalue weighted by Crippen LogP contribution is 2.59. The number of nitrogens with zero attached hydrogens (tertiary/aromatic N) is 2. The molecular weight excluding hydrogens is 364 g/mol. The van der Waals surface area contributed by atoms with Gasteiger partial charge in [0.25, 0.3) is 0 Å². The van der Waals surface area contributed by atoms with Gasteiger partial charge in [-0.05, 0) is 93.4 Å². The van der Waals surface area contributed by atoms with Gasteiger partial charge < -0.3 is 9.84 Å². The minimum atomic E-state index is -0.458. The van der Waals surface area contributed by atoms with Crippen molar-refractivity contribution >= 4 is 5.78 Å². The van der Waals surface area contributed by atoms with Gasteiger partial charge in [-0.15, -0.1) is 0 Å². The van der Waals surface area contributed by atoms with E-state index in [0.717, 1.165) is 31.1 Å². The van der Waals surface area contributed by atoms with Gasteiger partial charge in [0.05, 0.1) is 24.9 Å². The van der Waals surface area contributed by atoms with E-state index < -0.39 is 5.60 Å². The van der Waals surface area contributed by atoms with E-state index in [1.165, 1.54) is 32.1 Å². The number of hydrogen-bond donors (Lipinski definition) is 1. The Morgan fingerprint density at radius 2 is 1.97 bits per heavy atom. The Kier molecular flexibility index (Phi) is 4.90.